The van der Waals surface area contributed by atoms with E-state index in [-0.39, 0.29) is 5.41 Å². The SMILES string of the molecule is Cc1ccc2c(c1)C(CCCCCCCCC1(C)CCC1)(CCCCCCCCC1(C)CCC1)c1cc(C)ccc1-2. The summed E-state index contributed by atoms with van der Waals surface area (Å²) in [5.41, 5.74) is 10.9. The number of fused-ring (bicyclic) bond motifs is 3. The lowest BCUT2D eigenvalue weighted by atomic mass is 9.67. The minimum Gasteiger partial charge on any atom is -0.0596 e. The third-order valence-corrected chi connectivity index (χ3v) is 12.1. The molecule has 0 bridgehead atoms. The molecule has 5 rings (SSSR count). The van der Waals surface area contributed by atoms with Crippen molar-refractivity contribution in [3.8, 4) is 11.1 Å². The summed E-state index contributed by atoms with van der Waals surface area (Å²) in [5, 5.41) is 0. The van der Waals surface area contributed by atoms with Gasteiger partial charge in [-0.1, -0.05) is 151 Å². The topological polar surface area (TPSA) is 0 Å². The maximum absolute atomic E-state index is 2.56. The van der Waals surface area contributed by atoms with E-state index in [0.717, 1.165) is 0 Å². The van der Waals surface area contributed by atoms with Crippen molar-refractivity contribution in [1.82, 2.24) is 0 Å². The smallest absolute Gasteiger partial charge is 0.0215 e. The highest BCUT2D eigenvalue weighted by Crippen LogP contribution is 2.54. The molecule has 0 nitrogen and oxygen atoms in total. The van der Waals surface area contributed by atoms with Crippen LogP contribution in [-0.4, -0.2) is 0 Å². The van der Waals surface area contributed by atoms with Crippen LogP contribution in [0.2, 0.25) is 0 Å². The Morgan fingerprint density at radius 1 is 0.463 bits per heavy atom. The summed E-state index contributed by atoms with van der Waals surface area (Å²) in [7, 11) is 0. The van der Waals surface area contributed by atoms with Gasteiger partial charge in [-0.2, -0.15) is 0 Å². The molecule has 0 unspecified atom stereocenters. The van der Waals surface area contributed by atoms with Gasteiger partial charge < -0.3 is 0 Å². The van der Waals surface area contributed by atoms with Gasteiger partial charge in [-0.3, -0.25) is 0 Å². The van der Waals surface area contributed by atoms with Gasteiger partial charge in [0.1, 0.15) is 0 Å². The quantitative estimate of drug-likeness (QED) is 0.161. The number of hydrogen-bond donors (Lipinski definition) is 0. The molecule has 226 valence electrons. The second kappa shape index (κ2) is 13.8. The molecule has 0 atom stereocenters. The van der Waals surface area contributed by atoms with Crippen molar-refractivity contribution >= 4 is 0 Å². The van der Waals surface area contributed by atoms with E-state index in [1.807, 2.05) is 0 Å². The third kappa shape index (κ3) is 7.51. The first-order chi connectivity index (χ1) is 19.8. The Labute approximate surface area is 254 Å². The Morgan fingerprint density at radius 2 is 0.805 bits per heavy atom. The lowest BCUT2D eigenvalue weighted by Crippen LogP contribution is -2.26. The van der Waals surface area contributed by atoms with Gasteiger partial charge in [0.2, 0.25) is 0 Å². The Hall–Kier alpha value is -1.56. The molecule has 3 aliphatic rings. The van der Waals surface area contributed by atoms with Crippen LogP contribution in [0.1, 0.15) is 177 Å². The highest BCUT2D eigenvalue weighted by Gasteiger charge is 2.42. The van der Waals surface area contributed by atoms with Crippen LogP contribution in [0.3, 0.4) is 0 Å². The minimum absolute atomic E-state index is 0.223. The zero-order valence-corrected chi connectivity index (χ0v) is 27.5. The molecule has 0 aromatic heterocycles. The fourth-order valence-corrected chi connectivity index (χ4v) is 8.82. The molecule has 2 aromatic rings. The molecular formula is C41H62. The molecule has 0 heterocycles. The van der Waals surface area contributed by atoms with Crippen molar-refractivity contribution in [2.75, 3.05) is 0 Å². The standard InChI is InChI=1S/C41H62/c1-33-19-21-35-36-22-20-34(2)32-38(36)41(37(35)31-33,29-15-11-7-5-9-13-23-39(3)25-17-26-39)30-16-12-8-6-10-14-24-40(4)27-18-28-40/h19-22,31-32H,5-18,23-30H2,1-4H3. The zero-order valence-electron chi connectivity index (χ0n) is 27.5. The molecule has 0 spiro atoms. The molecule has 0 radical (unpaired) electrons. The van der Waals surface area contributed by atoms with Gasteiger partial charge in [0.15, 0.2) is 0 Å². The molecule has 0 heteroatoms. The summed E-state index contributed by atoms with van der Waals surface area (Å²) in [6.07, 6.45) is 31.6. The second-order valence-corrected chi connectivity index (χ2v) is 15.8. The van der Waals surface area contributed by atoms with E-state index in [0.29, 0.717) is 10.8 Å². The first kappa shape index (κ1) is 30.9. The molecule has 41 heavy (non-hydrogen) atoms. The van der Waals surface area contributed by atoms with E-state index in [9.17, 15) is 0 Å². The molecule has 0 amide bonds. The summed E-state index contributed by atoms with van der Waals surface area (Å²) in [6.45, 7) is 9.64. The zero-order chi connectivity index (χ0) is 28.8. The van der Waals surface area contributed by atoms with Crippen LogP contribution in [-0.2, 0) is 5.41 Å². The Morgan fingerprint density at radius 3 is 1.15 bits per heavy atom. The fraction of sp³-hybridized carbons (Fsp3) is 0.707. The van der Waals surface area contributed by atoms with Crippen LogP contribution in [0.4, 0.5) is 0 Å². The molecule has 2 aromatic carbocycles. The summed E-state index contributed by atoms with van der Waals surface area (Å²) in [4.78, 5) is 0. The number of hydrogen-bond acceptors (Lipinski definition) is 0. The largest absolute Gasteiger partial charge is 0.0596 e. The number of unbranched alkanes of at least 4 members (excludes halogenated alkanes) is 10. The fourth-order valence-electron chi connectivity index (χ4n) is 8.82. The minimum atomic E-state index is 0.223. The number of aryl methyl sites for hydroxylation is 2. The Balaban J connectivity index is 1.16. The summed E-state index contributed by atoms with van der Waals surface area (Å²) in [5.74, 6) is 0. The van der Waals surface area contributed by atoms with Crippen molar-refractivity contribution in [2.45, 2.75) is 174 Å². The van der Waals surface area contributed by atoms with Crippen LogP contribution in [0.15, 0.2) is 36.4 Å². The average Bonchev–Trinajstić information content (AvgIpc) is 3.17. The van der Waals surface area contributed by atoms with Gasteiger partial charge in [0.05, 0.1) is 0 Å². The van der Waals surface area contributed by atoms with Crippen molar-refractivity contribution in [3.63, 3.8) is 0 Å². The van der Waals surface area contributed by atoms with Crippen LogP contribution in [0.5, 0.6) is 0 Å². The van der Waals surface area contributed by atoms with Gasteiger partial charge in [0, 0.05) is 5.41 Å². The van der Waals surface area contributed by atoms with Crippen LogP contribution < -0.4 is 0 Å². The molecule has 2 fully saturated rings. The van der Waals surface area contributed by atoms with Gasteiger partial charge in [-0.25, -0.2) is 0 Å². The lowest BCUT2D eigenvalue weighted by Gasteiger charge is -2.38. The molecule has 0 aliphatic heterocycles. The first-order valence-electron chi connectivity index (χ1n) is 18.1. The summed E-state index contributed by atoms with van der Waals surface area (Å²) >= 11 is 0. The number of rotatable bonds is 18. The van der Waals surface area contributed by atoms with E-state index < -0.39 is 0 Å². The molecule has 0 N–H and O–H groups in total. The monoisotopic (exact) mass is 554 g/mol. The van der Waals surface area contributed by atoms with Crippen molar-refractivity contribution in [1.29, 1.82) is 0 Å². The van der Waals surface area contributed by atoms with Gasteiger partial charge in [0.25, 0.3) is 0 Å². The predicted molar refractivity (Wildman–Crippen MR) is 180 cm³/mol. The van der Waals surface area contributed by atoms with Crippen LogP contribution in [0.25, 0.3) is 11.1 Å². The van der Waals surface area contributed by atoms with Gasteiger partial charge in [-0.05, 0) is 98.3 Å². The van der Waals surface area contributed by atoms with E-state index in [2.05, 4.69) is 64.1 Å². The molecular weight excluding hydrogens is 492 g/mol. The first-order valence-corrected chi connectivity index (χ1v) is 18.1. The molecule has 0 saturated heterocycles. The Kier molecular flexibility index (Phi) is 10.4. The van der Waals surface area contributed by atoms with E-state index in [4.69, 9.17) is 0 Å². The van der Waals surface area contributed by atoms with Crippen molar-refractivity contribution in [2.24, 2.45) is 10.8 Å². The van der Waals surface area contributed by atoms with E-state index in [1.165, 1.54) is 164 Å². The maximum Gasteiger partial charge on any atom is 0.0215 e. The normalized spacial score (nSPS) is 19.3. The third-order valence-electron chi connectivity index (χ3n) is 12.1. The van der Waals surface area contributed by atoms with Crippen LogP contribution in [0, 0.1) is 24.7 Å². The average molecular weight is 555 g/mol. The summed E-state index contributed by atoms with van der Waals surface area (Å²) < 4.78 is 0. The highest BCUT2D eigenvalue weighted by atomic mass is 14.4. The van der Waals surface area contributed by atoms with E-state index in [1.54, 1.807) is 11.1 Å². The van der Waals surface area contributed by atoms with Crippen molar-refractivity contribution < 1.29 is 0 Å². The highest BCUT2D eigenvalue weighted by molar-refractivity contribution is 5.81. The van der Waals surface area contributed by atoms with Gasteiger partial charge in [-0.15, -0.1) is 0 Å². The lowest BCUT2D eigenvalue weighted by molar-refractivity contribution is 0.141. The molecule has 3 aliphatic carbocycles. The second-order valence-electron chi connectivity index (χ2n) is 15.8. The summed E-state index contributed by atoms with van der Waals surface area (Å²) in [6, 6.07) is 14.7. The Bertz CT molecular complexity index is 1020. The van der Waals surface area contributed by atoms with Crippen LogP contribution >= 0.6 is 0 Å². The number of benzene rings is 2. The predicted octanol–water partition coefficient (Wildman–Crippen LogP) is 13.2. The maximum atomic E-state index is 2.56. The van der Waals surface area contributed by atoms with E-state index >= 15 is 0 Å². The van der Waals surface area contributed by atoms with Gasteiger partial charge >= 0.3 is 0 Å². The molecule has 2 saturated carbocycles. The van der Waals surface area contributed by atoms with Crippen molar-refractivity contribution in [3.05, 3.63) is 58.7 Å².